The first kappa shape index (κ1) is 15.4. The molecule has 0 fully saturated rings. The Balaban J connectivity index is 2.07. The van der Waals surface area contributed by atoms with Crippen LogP contribution in [0.2, 0.25) is 0 Å². The number of rotatable bonds is 6. The van der Waals surface area contributed by atoms with Gasteiger partial charge < -0.3 is 4.52 Å². The molecule has 0 unspecified atom stereocenters. The summed E-state index contributed by atoms with van der Waals surface area (Å²) in [6, 6.07) is 8.11. The highest BCUT2D eigenvalue weighted by Crippen LogP contribution is 2.20. The number of ketones is 1. The van der Waals surface area contributed by atoms with Crippen LogP contribution in [-0.4, -0.2) is 15.9 Å². The fourth-order valence-electron chi connectivity index (χ4n) is 2.16. The van der Waals surface area contributed by atoms with E-state index in [1.807, 2.05) is 26.0 Å². The molecule has 1 heterocycles. The van der Waals surface area contributed by atoms with Crippen molar-refractivity contribution in [1.82, 2.24) is 10.1 Å². The van der Waals surface area contributed by atoms with Gasteiger partial charge in [0.1, 0.15) is 5.78 Å². The van der Waals surface area contributed by atoms with E-state index < -0.39 is 0 Å². The third-order valence-electron chi connectivity index (χ3n) is 3.29. The Morgan fingerprint density at radius 2 is 1.81 bits per heavy atom. The van der Waals surface area contributed by atoms with Crippen molar-refractivity contribution in [3.8, 4) is 11.4 Å². The smallest absolute Gasteiger partial charge is 0.234 e. The third kappa shape index (κ3) is 4.25. The van der Waals surface area contributed by atoms with Crippen molar-refractivity contribution in [2.24, 2.45) is 5.92 Å². The summed E-state index contributed by atoms with van der Waals surface area (Å²) in [5.74, 6) is 1.91. The average molecular weight is 286 g/mol. The molecule has 112 valence electrons. The maximum absolute atomic E-state index is 11.8. The predicted octanol–water partition coefficient (Wildman–Crippen LogP) is 4.02. The van der Waals surface area contributed by atoms with Gasteiger partial charge in [0.05, 0.1) is 6.42 Å². The topological polar surface area (TPSA) is 56.0 Å². The highest BCUT2D eigenvalue weighted by Gasteiger charge is 2.13. The molecule has 0 saturated heterocycles. The first-order valence-corrected chi connectivity index (χ1v) is 7.40. The van der Waals surface area contributed by atoms with Gasteiger partial charge in [0.25, 0.3) is 0 Å². The number of carbonyl (C=O) groups is 1. The number of nitrogens with zero attached hydrogens (tertiary/aromatic N) is 2. The average Bonchev–Trinajstić information content (AvgIpc) is 2.86. The number of carbonyl (C=O) groups excluding carboxylic acids is 1. The van der Waals surface area contributed by atoms with Gasteiger partial charge in [-0.2, -0.15) is 4.98 Å². The molecule has 0 N–H and O–H groups in total. The van der Waals surface area contributed by atoms with Crippen molar-refractivity contribution < 1.29 is 9.32 Å². The molecule has 0 aliphatic carbocycles. The summed E-state index contributed by atoms with van der Waals surface area (Å²) in [7, 11) is 0. The van der Waals surface area contributed by atoms with Gasteiger partial charge >= 0.3 is 0 Å². The summed E-state index contributed by atoms with van der Waals surface area (Å²) < 4.78 is 5.17. The molecule has 0 aliphatic rings. The minimum atomic E-state index is 0.135. The molecule has 2 rings (SSSR count). The Labute approximate surface area is 125 Å². The van der Waals surface area contributed by atoms with E-state index >= 15 is 0 Å². The molecule has 0 amide bonds. The van der Waals surface area contributed by atoms with E-state index in [0.29, 0.717) is 30.0 Å². The van der Waals surface area contributed by atoms with Crippen LogP contribution < -0.4 is 0 Å². The fraction of sp³-hybridized carbons (Fsp3) is 0.471. The lowest BCUT2D eigenvalue weighted by atomic mass is 10.0. The summed E-state index contributed by atoms with van der Waals surface area (Å²) in [5, 5.41) is 3.95. The van der Waals surface area contributed by atoms with Gasteiger partial charge in [-0.15, -0.1) is 0 Å². The first-order valence-electron chi connectivity index (χ1n) is 7.40. The molecule has 1 aromatic heterocycles. The highest BCUT2D eigenvalue weighted by atomic mass is 16.5. The molecule has 0 radical (unpaired) electrons. The van der Waals surface area contributed by atoms with Crippen LogP contribution in [0.25, 0.3) is 11.4 Å². The Bertz CT molecular complexity index is 598. The zero-order valence-corrected chi connectivity index (χ0v) is 13.1. The number of hydrogen-bond acceptors (Lipinski definition) is 4. The first-order chi connectivity index (χ1) is 9.95. The third-order valence-corrected chi connectivity index (χ3v) is 3.29. The van der Waals surface area contributed by atoms with Crippen LogP contribution in [-0.2, 0) is 11.2 Å². The van der Waals surface area contributed by atoms with Crippen molar-refractivity contribution in [3.05, 3.63) is 35.7 Å². The largest absolute Gasteiger partial charge is 0.339 e. The fourth-order valence-corrected chi connectivity index (χ4v) is 2.16. The molecule has 4 heteroatoms. The SMILES string of the molecule is CC(C)CC(=O)Cc1nc(-c2ccc(C(C)C)cc2)no1. The van der Waals surface area contributed by atoms with Gasteiger partial charge in [0, 0.05) is 12.0 Å². The van der Waals surface area contributed by atoms with E-state index in [1.54, 1.807) is 0 Å². The van der Waals surface area contributed by atoms with E-state index in [4.69, 9.17) is 4.52 Å². The molecule has 0 spiro atoms. The molecular formula is C17H22N2O2. The van der Waals surface area contributed by atoms with Crippen molar-refractivity contribution in [3.63, 3.8) is 0 Å². The maximum atomic E-state index is 11.8. The van der Waals surface area contributed by atoms with E-state index in [9.17, 15) is 4.79 Å². The maximum Gasteiger partial charge on any atom is 0.234 e. The normalized spacial score (nSPS) is 11.3. The van der Waals surface area contributed by atoms with Crippen molar-refractivity contribution in [2.75, 3.05) is 0 Å². The van der Waals surface area contributed by atoms with Gasteiger partial charge in [0.15, 0.2) is 0 Å². The number of benzene rings is 1. The number of Topliss-reactive ketones (excluding diaryl/α,β-unsaturated/α-hetero) is 1. The van der Waals surface area contributed by atoms with Gasteiger partial charge in [-0.3, -0.25) is 4.79 Å². The van der Waals surface area contributed by atoms with Crippen molar-refractivity contribution in [1.29, 1.82) is 0 Å². The summed E-state index contributed by atoms with van der Waals surface area (Å²) in [6.07, 6.45) is 0.760. The summed E-state index contributed by atoms with van der Waals surface area (Å²) >= 11 is 0. The second-order valence-corrected chi connectivity index (χ2v) is 6.10. The summed E-state index contributed by atoms with van der Waals surface area (Å²) in [6.45, 7) is 8.35. The lowest BCUT2D eigenvalue weighted by Gasteiger charge is -2.04. The van der Waals surface area contributed by atoms with E-state index in [-0.39, 0.29) is 12.2 Å². The molecule has 0 aliphatic heterocycles. The molecule has 1 aromatic carbocycles. The molecule has 0 atom stereocenters. The van der Waals surface area contributed by atoms with Gasteiger partial charge in [-0.1, -0.05) is 57.1 Å². The Hall–Kier alpha value is -1.97. The van der Waals surface area contributed by atoms with E-state index in [1.165, 1.54) is 5.56 Å². The Morgan fingerprint density at radius 3 is 2.38 bits per heavy atom. The van der Waals surface area contributed by atoms with Gasteiger partial charge in [-0.05, 0) is 17.4 Å². The van der Waals surface area contributed by atoms with Crippen LogP contribution in [0.15, 0.2) is 28.8 Å². The summed E-state index contributed by atoms with van der Waals surface area (Å²) in [4.78, 5) is 16.1. The predicted molar refractivity (Wildman–Crippen MR) is 82.0 cm³/mol. The lowest BCUT2D eigenvalue weighted by Crippen LogP contribution is -2.06. The summed E-state index contributed by atoms with van der Waals surface area (Å²) in [5.41, 5.74) is 2.18. The van der Waals surface area contributed by atoms with Crippen molar-refractivity contribution >= 4 is 5.78 Å². The minimum Gasteiger partial charge on any atom is -0.339 e. The highest BCUT2D eigenvalue weighted by molar-refractivity contribution is 5.80. The standard InChI is InChI=1S/C17H22N2O2/c1-11(2)9-15(20)10-16-18-17(19-21-16)14-7-5-13(6-8-14)12(3)4/h5-8,11-12H,9-10H2,1-4H3. The second kappa shape index (κ2) is 6.66. The molecule has 4 nitrogen and oxygen atoms in total. The lowest BCUT2D eigenvalue weighted by molar-refractivity contribution is -0.119. The van der Waals surface area contributed by atoms with E-state index in [2.05, 4.69) is 36.1 Å². The van der Waals surface area contributed by atoms with Gasteiger partial charge in [-0.25, -0.2) is 0 Å². The van der Waals surface area contributed by atoms with Crippen LogP contribution in [0.5, 0.6) is 0 Å². The van der Waals surface area contributed by atoms with Gasteiger partial charge in [0.2, 0.25) is 11.7 Å². The molecule has 21 heavy (non-hydrogen) atoms. The Kier molecular flexibility index (Phi) is 4.89. The molecular weight excluding hydrogens is 264 g/mol. The van der Waals surface area contributed by atoms with Crippen molar-refractivity contribution in [2.45, 2.75) is 46.5 Å². The second-order valence-electron chi connectivity index (χ2n) is 6.10. The zero-order chi connectivity index (χ0) is 15.4. The van der Waals surface area contributed by atoms with E-state index in [0.717, 1.165) is 5.56 Å². The number of aromatic nitrogens is 2. The number of hydrogen-bond donors (Lipinski definition) is 0. The Morgan fingerprint density at radius 1 is 1.14 bits per heavy atom. The van der Waals surface area contributed by atoms with Crippen LogP contribution in [0.1, 0.15) is 51.5 Å². The van der Waals surface area contributed by atoms with Crippen LogP contribution >= 0.6 is 0 Å². The zero-order valence-electron chi connectivity index (χ0n) is 13.1. The minimum absolute atomic E-state index is 0.135. The monoisotopic (exact) mass is 286 g/mol. The van der Waals surface area contributed by atoms with Crippen LogP contribution in [0, 0.1) is 5.92 Å². The van der Waals surface area contributed by atoms with Crippen LogP contribution in [0.4, 0.5) is 0 Å². The molecule has 0 bridgehead atoms. The van der Waals surface area contributed by atoms with Crippen LogP contribution in [0.3, 0.4) is 0 Å². The quantitative estimate of drug-likeness (QED) is 0.805. The molecule has 2 aromatic rings. The molecule has 0 saturated carbocycles.